The van der Waals surface area contributed by atoms with Crippen LogP contribution in [0.25, 0.3) is 0 Å². The normalized spacial score (nSPS) is 16.5. The molecule has 0 aliphatic carbocycles. The molecule has 1 aromatic carbocycles. The third-order valence-corrected chi connectivity index (χ3v) is 4.36. The number of benzene rings is 1. The van der Waals surface area contributed by atoms with Crippen molar-refractivity contribution in [2.45, 2.75) is 25.7 Å². The van der Waals surface area contributed by atoms with Crippen LogP contribution in [-0.4, -0.2) is 46.9 Å². The van der Waals surface area contributed by atoms with Crippen LogP contribution >= 0.6 is 12.4 Å². The first-order valence-corrected chi connectivity index (χ1v) is 8.44. The van der Waals surface area contributed by atoms with Crippen LogP contribution in [0, 0.1) is 5.92 Å². The van der Waals surface area contributed by atoms with E-state index in [0.29, 0.717) is 29.6 Å². The molecule has 0 spiro atoms. The maximum absolute atomic E-state index is 12.2. The van der Waals surface area contributed by atoms with Gasteiger partial charge in [-0.3, -0.25) is 4.79 Å². The van der Waals surface area contributed by atoms with E-state index < -0.39 is 0 Å². The number of halogens is 1. The number of hydrogen-bond donors (Lipinski definition) is 2. The Bertz CT molecular complexity index is 523. The number of ether oxygens (including phenoxy) is 3. The van der Waals surface area contributed by atoms with Gasteiger partial charge in [-0.2, -0.15) is 0 Å². The maximum atomic E-state index is 12.2. The molecule has 6 nitrogen and oxygen atoms in total. The average molecular weight is 373 g/mol. The summed E-state index contributed by atoms with van der Waals surface area (Å²) in [5.41, 5.74) is 0.835. The number of piperidine rings is 1. The average Bonchev–Trinajstić information content (AvgIpc) is 2.61. The van der Waals surface area contributed by atoms with Gasteiger partial charge < -0.3 is 24.8 Å². The lowest BCUT2D eigenvalue weighted by molar-refractivity contribution is -0.120. The molecule has 2 rings (SSSR count). The molecule has 0 saturated carbocycles. The first-order valence-electron chi connectivity index (χ1n) is 8.44. The van der Waals surface area contributed by atoms with Crippen LogP contribution in [-0.2, 0) is 11.2 Å². The summed E-state index contributed by atoms with van der Waals surface area (Å²) in [5, 5.41) is 6.40. The van der Waals surface area contributed by atoms with Crippen molar-refractivity contribution >= 4 is 18.3 Å². The predicted molar refractivity (Wildman–Crippen MR) is 100 cm³/mol. The van der Waals surface area contributed by atoms with E-state index >= 15 is 0 Å². The summed E-state index contributed by atoms with van der Waals surface area (Å²) in [4.78, 5) is 12.2. The van der Waals surface area contributed by atoms with Gasteiger partial charge in [0.2, 0.25) is 11.7 Å². The van der Waals surface area contributed by atoms with E-state index in [-0.39, 0.29) is 18.3 Å². The van der Waals surface area contributed by atoms with Gasteiger partial charge in [0, 0.05) is 6.54 Å². The lowest BCUT2D eigenvalue weighted by Gasteiger charge is -2.22. The lowest BCUT2D eigenvalue weighted by atomic mass is 9.96. The standard InChI is InChI=1S/C18H28N2O4.ClH/c1-22-15-9-14(10-16(23-2)18(15)24-3)11-17(21)20-8-6-13-5-4-7-19-12-13;/h9-10,13,19H,4-8,11-12H2,1-3H3,(H,20,21);1H. The lowest BCUT2D eigenvalue weighted by Crippen LogP contribution is -2.33. The second kappa shape index (κ2) is 11.1. The Morgan fingerprint density at radius 2 is 1.88 bits per heavy atom. The Labute approximate surface area is 156 Å². The Morgan fingerprint density at radius 3 is 2.40 bits per heavy atom. The molecular formula is C18H29ClN2O4. The highest BCUT2D eigenvalue weighted by atomic mass is 35.5. The van der Waals surface area contributed by atoms with E-state index in [1.165, 1.54) is 12.8 Å². The third kappa shape index (κ3) is 6.29. The molecule has 25 heavy (non-hydrogen) atoms. The van der Waals surface area contributed by atoms with Crippen LogP contribution in [0.3, 0.4) is 0 Å². The van der Waals surface area contributed by atoms with E-state index in [0.717, 1.165) is 31.6 Å². The zero-order valence-electron chi connectivity index (χ0n) is 15.2. The smallest absolute Gasteiger partial charge is 0.224 e. The summed E-state index contributed by atoms with van der Waals surface area (Å²) in [7, 11) is 4.70. The van der Waals surface area contributed by atoms with Gasteiger partial charge in [-0.15, -0.1) is 12.4 Å². The molecule has 0 radical (unpaired) electrons. The number of amides is 1. The molecule has 1 amide bonds. The molecule has 1 aliphatic heterocycles. The van der Waals surface area contributed by atoms with Crippen LogP contribution in [0.4, 0.5) is 0 Å². The highest BCUT2D eigenvalue weighted by molar-refractivity contribution is 5.85. The fraction of sp³-hybridized carbons (Fsp3) is 0.611. The molecule has 0 bridgehead atoms. The number of nitrogens with one attached hydrogen (secondary N) is 2. The van der Waals surface area contributed by atoms with Gasteiger partial charge in [0.05, 0.1) is 27.8 Å². The summed E-state index contributed by atoms with van der Waals surface area (Å²) in [6.45, 7) is 2.89. The number of methoxy groups -OCH3 is 3. The summed E-state index contributed by atoms with van der Waals surface area (Å²) in [5.74, 6) is 2.34. The molecule has 1 aliphatic rings. The second-order valence-corrected chi connectivity index (χ2v) is 6.06. The minimum absolute atomic E-state index is 0. The molecule has 1 unspecified atom stereocenters. The molecule has 1 heterocycles. The molecule has 142 valence electrons. The molecule has 7 heteroatoms. The van der Waals surface area contributed by atoms with Crippen LogP contribution in [0.5, 0.6) is 17.2 Å². The second-order valence-electron chi connectivity index (χ2n) is 6.06. The van der Waals surface area contributed by atoms with Crippen molar-refractivity contribution in [2.24, 2.45) is 5.92 Å². The zero-order chi connectivity index (χ0) is 17.4. The summed E-state index contributed by atoms with van der Waals surface area (Å²) in [6, 6.07) is 3.62. The van der Waals surface area contributed by atoms with Gasteiger partial charge >= 0.3 is 0 Å². The van der Waals surface area contributed by atoms with Gasteiger partial charge in [-0.1, -0.05) is 0 Å². The van der Waals surface area contributed by atoms with Crippen LogP contribution in [0.15, 0.2) is 12.1 Å². The Kier molecular flexibility index (Phi) is 9.45. The van der Waals surface area contributed by atoms with Crippen LogP contribution in [0.1, 0.15) is 24.8 Å². The number of rotatable bonds is 8. The SMILES string of the molecule is COc1cc(CC(=O)NCCC2CCCNC2)cc(OC)c1OC.Cl. The van der Waals surface area contributed by atoms with Crippen molar-refractivity contribution in [3.63, 3.8) is 0 Å². The number of carbonyl (C=O) groups excluding carboxylic acids is 1. The summed E-state index contributed by atoms with van der Waals surface area (Å²) < 4.78 is 15.9. The van der Waals surface area contributed by atoms with E-state index in [2.05, 4.69) is 10.6 Å². The monoisotopic (exact) mass is 372 g/mol. The van der Waals surface area contributed by atoms with E-state index in [1.54, 1.807) is 21.3 Å². The fourth-order valence-electron chi connectivity index (χ4n) is 3.07. The van der Waals surface area contributed by atoms with Crippen LogP contribution < -0.4 is 24.8 Å². The van der Waals surface area contributed by atoms with Crippen molar-refractivity contribution in [1.82, 2.24) is 10.6 Å². The van der Waals surface area contributed by atoms with Gasteiger partial charge in [0.1, 0.15) is 0 Å². The largest absolute Gasteiger partial charge is 0.493 e. The minimum Gasteiger partial charge on any atom is -0.493 e. The van der Waals surface area contributed by atoms with Crippen molar-refractivity contribution in [3.8, 4) is 17.2 Å². The molecule has 1 fully saturated rings. The Hall–Kier alpha value is -1.66. The van der Waals surface area contributed by atoms with E-state index in [9.17, 15) is 4.79 Å². The maximum Gasteiger partial charge on any atom is 0.224 e. The molecule has 1 aromatic rings. The van der Waals surface area contributed by atoms with Gasteiger partial charge in [-0.25, -0.2) is 0 Å². The minimum atomic E-state index is 0. The number of hydrogen-bond acceptors (Lipinski definition) is 5. The summed E-state index contributed by atoms with van der Waals surface area (Å²) in [6.07, 6.45) is 3.79. The first kappa shape index (κ1) is 21.4. The molecule has 1 saturated heterocycles. The van der Waals surface area contributed by atoms with Crippen molar-refractivity contribution < 1.29 is 19.0 Å². The van der Waals surface area contributed by atoms with Gasteiger partial charge in [0.25, 0.3) is 0 Å². The first-order chi connectivity index (χ1) is 11.7. The quantitative estimate of drug-likeness (QED) is 0.732. The summed E-state index contributed by atoms with van der Waals surface area (Å²) >= 11 is 0. The van der Waals surface area contributed by atoms with Gasteiger partial charge in [-0.05, 0) is 56.0 Å². The zero-order valence-corrected chi connectivity index (χ0v) is 16.0. The predicted octanol–water partition coefficient (Wildman–Crippen LogP) is 2.18. The van der Waals surface area contributed by atoms with Gasteiger partial charge in [0.15, 0.2) is 11.5 Å². The highest BCUT2D eigenvalue weighted by Gasteiger charge is 2.16. The van der Waals surface area contributed by atoms with Crippen LogP contribution in [0.2, 0.25) is 0 Å². The molecule has 0 aromatic heterocycles. The Balaban J connectivity index is 0.00000312. The molecule has 1 atom stereocenters. The molecule has 2 N–H and O–H groups in total. The van der Waals surface area contributed by atoms with E-state index in [4.69, 9.17) is 14.2 Å². The van der Waals surface area contributed by atoms with E-state index in [1.807, 2.05) is 12.1 Å². The third-order valence-electron chi connectivity index (χ3n) is 4.36. The molecular weight excluding hydrogens is 344 g/mol. The van der Waals surface area contributed by atoms with Crippen molar-refractivity contribution in [3.05, 3.63) is 17.7 Å². The van der Waals surface area contributed by atoms with Crippen molar-refractivity contribution in [1.29, 1.82) is 0 Å². The topological polar surface area (TPSA) is 68.8 Å². The fourth-order valence-corrected chi connectivity index (χ4v) is 3.07. The van der Waals surface area contributed by atoms with Crippen molar-refractivity contribution in [2.75, 3.05) is 41.0 Å². The highest BCUT2D eigenvalue weighted by Crippen LogP contribution is 2.38. The number of carbonyl (C=O) groups is 1. The Morgan fingerprint density at radius 1 is 1.20 bits per heavy atom.